The molecule has 0 fully saturated rings. The molecule has 2 aromatic rings. The average Bonchev–Trinajstić information content (AvgIpc) is 2.97. The topological polar surface area (TPSA) is 127 Å². The van der Waals surface area contributed by atoms with E-state index in [2.05, 4.69) is 13.8 Å². The van der Waals surface area contributed by atoms with E-state index in [1.54, 1.807) is 12.1 Å². The van der Waals surface area contributed by atoms with Crippen molar-refractivity contribution in [2.75, 3.05) is 13.2 Å². The van der Waals surface area contributed by atoms with Crippen LogP contribution in [0.25, 0.3) is 0 Å². The molecular weight excluding hydrogens is 601 g/mol. The lowest BCUT2D eigenvalue weighted by Crippen LogP contribution is -2.08. The SMILES string of the molecule is CCCCCCCCCc1ccc(OCCCCOc2ccc(CCCCCCCCC)cc2S(=O)(=O)O)c(S(=O)(=O)O)c1. The normalized spacial score (nSPS) is 12.0. The molecule has 0 aliphatic rings. The van der Waals surface area contributed by atoms with E-state index < -0.39 is 20.2 Å². The Hall–Kier alpha value is -2.14. The lowest BCUT2D eigenvalue weighted by molar-refractivity contribution is 0.259. The summed E-state index contributed by atoms with van der Waals surface area (Å²) in [6, 6.07) is 9.81. The second-order valence-electron chi connectivity index (χ2n) is 11.7. The quantitative estimate of drug-likeness (QED) is 0.0802. The van der Waals surface area contributed by atoms with E-state index in [-0.39, 0.29) is 34.5 Å². The van der Waals surface area contributed by atoms with Crippen LogP contribution in [0.3, 0.4) is 0 Å². The highest BCUT2D eigenvalue weighted by atomic mass is 32.2. The summed E-state index contributed by atoms with van der Waals surface area (Å²) < 4.78 is 79.0. The summed E-state index contributed by atoms with van der Waals surface area (Å²) in [5.41, 5.74) is 1.69. The molecule has 2 aromatic carbocycles. The van der Waals surface area contributed by atoms with Crippen LogP contribution in [-0.2, 0) is 33.1 Å². The fourth-order valence-corrected chi connectivity index (χ4v) is 6.56. The molecule has 10 heteroatoms. The summed E-state index contributed by atoms with van der Waals surface area (Å²) in [7, 11) is -8.90. The van der Waals surface area contributed by atoms with Crippen molar-refractivity contribution in [3.05, 3.63) is 47.5 Å². The minimum atomic E-state index is -4.45. The van der Waals surface area contributed by atoms with Crippen LogP contribution in [0, 0.1) is 0 Å². The number of ether oxygens (including phenoxy) is 2. The highest BCUT2D eigenvalue weighted by molar-refractivity contribution is 7.86. The maximum atomic E-state index is 12.0. The van der Waals surface area contributed by atoms with Gasteiger partial charge in [-0.05, 0) is 73.9 Å². The van der Waals surface area contributed by atoms with Crippen LogP contribution in [0.4, 0.5) is 0 Å². The minimum Gasteiger partial charge on any atom is -0.492 e. The van der Waals surface area contributed by atoms with Crippen LogP contribution in [0.5, 0.6) is 11.5 Å². The summed E-state index contributed by atoms with van der Waals surface area (Å²) in [5.74, 6) is 0.198. The molecule has 0 amide bonds. The Morgan fingerprint density at radius 1 is 0.500 bits per heavy atom. The third kappa shape index (κ3) is 15.2. The molecule has 0 unspecified atom stereocenters. The number of rotatable bonds is 25. The molecule has 0 heterocycles. The van der Waals surface area contributed by atoms with E-state index in [9.17, 15) is 25.9 Å². The predicted molar refractivity (Wildman–Crippen MR) is 176 cm³/mol. The largest absolute Gasteiger partial charge is 0.492 e. The Balaban J connectivity index is 1.81. The third-order valence-electron chi connectivity index (χ3n) is 7.76. The van der Waals surface area contributed by atoms with Crippen molar-refractivity contribution >= 4 is 20.2 Å². The van der Waals surface area contributed by atoms with Gasteiger partial charge in [-0.2, -0.15) is 16.8 Å². The number of hydrogen-bond donors (Lipinski definition) is 2. The van der Waals surface area contributed by atoms with Crippen molar-refractivity contribution in [3.8, 4) is 11.5 Å². The molecule has 0 radical (unpaired) electrons. The van der Waals surface area contributed by atoms with Gasteiger partial charge in [-0.1, -0.05) is 103 Å². The van der Waals surface area contributed by atoms with Crippen LogP contribution in [-0.4, -0.2) is 39.2 Å². The molecule has 0 spiro atoms. The first-order valence-corrected chi connectivity index (χ1v) is 19.4. The van der Waals surface area contributed by atoms with Gasteiger partial charge in [0.15, 0.2) is 0 Å². The first-order chi connectivity index (χ1) is 21.1. The molecular formula is C34H54O8S2. The molecule has 0 atom stereocenters. The Kier molecular flexibility index (Phi) is 18.0. The molecule has 0 saturated heterocycles. The van der Waals surface area contributed by atoms with E-state index >= 15 is 0 Å². The van der Waals surface area contributed by atoms with Crippen LogP contribution in [0.15, 0.2) is 46.2 Å². The monoisotopic (exact) mass is 654 g/mol. The zero-order valence-electron chi connectivity index (χ0n) is 26.8. The maximum absolute atomic E-state index is 12.0. The zero-order valence-corrected chi connectivity index (χ0v) is 28.4. The van der Waals surface area contributed by atoms with Gasteiger partial charge in [-0.25, -0.2) is 0 Å². The van der Waals surface area contributed by atoms with Gasteiger partial charge < -0.3 is 9.47 Å². The smallest absolute Gasteiger partial charge is 0.298 e. The zero-order chi connectivity index (χ0) is 32.3. The van der Waals surface area contributed by atoms with Gasteiger partial charge in [0.2, 0.25) is 0 Å². The first kappa shape index (κ1) is 38.0. The van der Waals surface area contributed by atoms with Gasteiger partial charge in [0, 0.05) is 0 Å². The average molecular weight is 655 g/mol. The molecule has 44 heavy (non-hydrogen) atoms. The summed E-state index contributed by atoms with van der Waals surface area (Å²) in [6.45, 7) is 4.76. The van der Waals surface area contributed by atoms with Crippen LogP contribution < -0.4 is 9.47 Å². The van der Waals surface area contributed by atoms with E-state index in [0.717, 1.165) is 62.5 Å². The highest BCUT2D eigenvalue weighted by Crippen LogP contribution is 2.28. The van der Waals surface area contributed by atoms with Crippen molar-refractivity contribution in [2.45, 2.75) is 139 Å². The molecule has 0 aliphatic heterocycles. The molecule has 2 N–H and O–H groups in total. The van der Waals surface area contributed by atoms with Crippen molar-refractivity contribution < 1.29 is 35.4 Å². The summed E-state index contributed by atoms with van der Waals surface area (Å²) in [5, 5.41) is 0. The number of benzene rings is 2. The number of aryl methyl sites for hydroxylation is 2. The van der Waals surface area contributed by atoms with Crippen LogP contribution in [0.2, 0.25) is 0 Å². The number of unbranched alkanes of at least 4 members (excludes halogenated alkanes) is 13. The van der Waals surface area contributed by atoms with Crippen LogP contribution in [0.1, 0.15) is 128 Å². The van der Waals surface area contributed by atoms with Gasteiger partial charge in [-0.15, -0.1) is 0 Å². The predicted octanol–water partition coefficient (Wildman–Crippen LogP) is 9.00. The van der Waals surface area contributed by atoms with Gasteiger partial charge in [0.1, 0.15) is 21.3 Å². The Morgan fingerprint density at radius 3 is 1.18 bits per heavy atom. The Morgan fingerprint density at radius 2 is 0.841 bits per heavy atom. The third-order valence-corrected chi connectivity index (χ3v) is 9.51. The molecule has 8 nitrogen and oxygen atoms in total. The summed E-state index contributed by atoms with van der Waals surface area (Å²) in [4.78, 5) is -0.466. The van der Waals surface area contributed by atoms with E-state index in [4.69, 9.17) is 9.47 Å². The number of hydrogen-bond acceptors (Lipinski definition) is 6. The summed E-state index contributed by atoms with van der Waals surface area (Å²) >= 11 is 0. The maximum Gasteiger partial charge on any atom is 0.298 e. The van der Waals surface area contributed by atoms with Gasteiger partial charge in [-0.3, -0.25) is 9.11 Å². The molecule has 2 rings (SSSR count). The first-order valence-electron chi connectivity index (χ1n) is 16.5. The van der Waals surface area contributed by atoms with Gasteiger partial charge >= 0.3 is 0 Å². The Bertz CT molecular complexity index is 1210. The van der Waals surface area contributed by atoms with Crippen LogP contribution >= 0.6 is 0 Å². The van der Waals surface area contributed by atoms with E-state index in [1.165, 1.54) is 63.5 Å². The molecule has 0 aromatic heterocycles. The lowest BCUT2D eigenvalue weighted by atomic mass is 10.0. The van der Waals surface area contributed by atoms with Gasteiger partial charge in [0.25, 0.3) is 20.2 Å². The highest BCUT2D eigenvalue weighted by Gasteiger charge is 2.19. The van der Waals surface area contributed by atoms with Crippen molar-refractivity contribution in [3.63, 3.8) is 0 Å². The fourth-order valence-electron chi connectivity index (χ4n) is 5.20. The molecule has 250 valence electrons. The fraction of sp³-hybridized carbons (Fsp3) is 0.647. The standard InChI is InChI=1S/C34H54O8S2/c1-3-5-7-9-11-13-15-19-29-21-23-31(33(27-29)43(35,36)37)41-25-17-18-26-42-32-24-22-30(28-34(32)44(38,39)40)20-16-14-12-10-8-6-4-2/h21-24,27-28H,3-20,25-26H2,1-2H3,(H,35,36,37)(H,38,39,40). The molecule has 0 saturated carbocycles. The molecule has 0 aliphatic carbocycles. The second kappa shape index (κ2) is 20.8. The Labute approximate surface area is 266 Å². The van der Waals surface area contributed by atoms with Crippen molar-refractivity contribution in [2.24, 2.45) is 0 Å². The lowest BCUT2D eigenvalue weighted by Gasteiger charge is -2.13. The van der Waals surface area contributed by atoms with Gasteiger partial charge in [0.05, 0.1) is 13.2 Å². The van der Waals surface area contributed by atoms with E-state index in [1.807, 2.05) is 12.1 Å². The van der Waals surface area contributed by atoms with Crippen molar-refractivity contribution in [1.82, 2.24) is 0 Å². The summed E-state index contributed by atoms with van der Waals surface area (Å²) in [6.07, 6.45) is 18.8. The van der Waals surface area contributed by atoms with Crippen molar-refractivity contribution in [1.29, 1.82) is 0 Å². The minimum absolute atomic E-state index is 0.0990. The second-order valence-corrected chi connectivity index (χ2v) is 14.4. The van der Waals surface area contributed by atoms with E-state index in [0.29, 0.717) is 12.8 Å². The molecule has 0 bridgehead atoms.